The molecule has 0 N–H and O–H groups in total. The van der Waals surface area contributed by atoms with Crippen LogP contribution in [0.1, 0.15) is 29.3 Å². The van der Waals surface area contributed by atoms with Crippen LogP contribution in [0.3, 0.4) is 0 Å². The molecule has 0 aromatic heterocycles. The van der Waals surface area contributed by atoms with Crippen molar-refractivity contribution >= 4 is 22.7 Å². The van der Waals surface area contributed by atoms with Gasteiger partial charge in [-0.15, -0.1) is 0 Å². The number of nitro benzene ring substituents is 1. The number of anilines is 1. The molecule has 0 amide bonds. The zero-order valence-electron chi connectivity index (χ0n) is 13.4. The van der Waals surface area contributed by atoms with Crippen LogP contribution >= 0.6 is 0 Å². The van der Waals surface area contributed by atoms with Gasteiger partial charge in [-0.3, -0.25) is 14.9 Å². The number of hydrogen-bond donors (Lipinski definition) is 0. The topological polar surface area (TPSA) is 63.5 Å². The lowest BCUT2D eigenvalue weighted by molar-refractivity contribution is -0.384. The summed E-state index contributed by atoms with van der Waals surface area (Å²) in [7, 11) is 0. The molecule has 24 heavy (non-hydrogen) atoms. The SMILES string of the molecule is CC(=O)c1ccc(N2CC=C(c3ccccc3)CC2)c([N+](=O)[O-])c1. The number of hydrogen-bond acceptors (Lipinski definition) is 4. The molecule has 0 atom stereocenters. The molecule has 0 spiro atoms. The third kappa shape index (κ3) is 3.20. The average Bonchev–Trinajstić information content (AvgIpc) is 2.62. The standard InChI is InChI=1S/C19H18N2O3/c1-14(22)17-7-8-18(19(13-17)21(23)24)20-11-9-16(10-12-20)15-5-3-2-4-6-15/h2-9,13H,10-12H2,1H3. The Morgan fingerprint density at radius 2 is 1.92 bits per heavy atom. The van der Waals surface area contributed by atoms with Crippen molar-refractivity contribution in [2.45, 2.75) is 13.3 Å². The van der Waals surface area contributed by atoms with Gasteiger partial charge in [0.1, 0.15) is 5.69 Å². The van der Waals surface area contributed by atoms with Crippen LogP contribution in [0.15, 0.2) is 54.6 Å². The molecule has 5 heteroatoms. The second-order valence-electron chi connectivity index (χ2n) is 5.81. The Balaban J connectivity index is 1.87. The third-order valence-electron chi connectivity index (χ3n) is 4.27. The maximum atomic E-state index is 11.5. The Labute approximate surface area is 140 Å². The van der Waals surface area contributed by atoms with Crippen molar-refractivity contribution < 1.29 is 9.72 Å². The molecule has 1 heterocycles. The van der Waals surface area contributed by atoms with Gasteiger partial charge in [-0.25, -0.2) is 0 Å². The molecule has 0 saturated carbocycles. The highest BCUT2D eigenvalue weighted by Crippen LogP contribution is 2.32. The van der Waals surface area contributed by atoms with E-state index in [2.05, 4.69) is 18.2 Å². The highest BCUT2D eigenvalue weighted by atomic mass is 16.6. The molecule has 0 unspecified atom stereocenters. The number of nitrogens with zero attached hydrogens (tertiary/aromatic N) is 2. The largest absolute Gasteiger partial charge is 0.362 e. The van der Waals surface area contributed by atoms with Crippen LogP contribution < -0.4 is 4.90 Å². The van der Waals surface area contributed by atoms with Gasteiger partial charge in [-0.2, -0.15) is 0 Å². The molecule has 0 bridgehead atoms. The molecule has 3 rings (SSSR count). The molecule has 122 valence electrons. The van der Waals surface area contributed by atoms with Crippen LogP contribution in [-0.4, -0.2) is 23.8 Å². The van der Waals surface area contributed by atoms with E-state index < -0.39 is 4.92 Å². The first-order chi connectivity index (χ1) is 11.6. The highest BCUT2D eigenvalue weighted by Gasteiger charge is 2.22. The second kappa shape index (κ2) is 6.66. The second-order valence-corrected chi connectivity index (χ2v) is 5.81. The molecular formula is C19H18N2O3. The summed E-state index contributed by atoms with van der Waals surface area (Å²) in [6.45, 7) is 2.74. The number of Topliss-reactive ketones (excluding diaryl/α,β-unsaturated/α-hetero) is 1. The quantitative estimate of drug-likeness (QED) is 0.483. The van der Waals surface area contributed by atoms with Crippen molar-refractivity contribution in [2.75, 3.05) is 18.0 Å². The van der Waals surface area contributed by atoms with Gasteiger partial charge in [0.05, 0.1) is 4.92 Å². The molecule has 1 aliphatic heterocycles. The number of carbonyl (C=O) groups is 1. The minimum Gasteiger partial charge on any atom is -0.362 e. The van der Waals surface area contributed by atoms with E-state index >= 15 is 0 Å². The summed E-state index contributed by atoms with van der Waals surface area (Å²) in [6, 6.07) is 14.9. The van der Waals surface area contributed by atoms with Gasteiger partial charge in [-0.05, 0) is 36.6 Å². The van der Waals surface area contributed by atoms with E-state index in [1.165, 1.54) is 24.1 Å². The van der Waals surface area contributed by atoms with E-state index in [-0.39, 0.29) is 11.5 Å². The maximum Gasteiger partial charge on any atom is 0.293 e. The van der Waals surface area contributed by atoms with Crippen LogP contribution in [0.25, 0.3) is 5.57 Å². The summed E-state index contributed by atoms with van der Waals surface area (Å²) in [6.07, 6.45) is 2.94. The Hall–Kier alpha value is -2.95. The number of carbonyl (C=O) groups excluding carboxylic acids is 1. The van der Waals surface area contributed by atoms with Gasteiger partial charge in [-0.1, -0.05) is 36.4 Å². The normalized spacial score (nSPS) is 14.2. The molecule has 5 nitrogen and oxygen atoms in total. The highest BCUT2D eigenvalue weighted by molar-refractivity contribution is 5.95. The van der Waals surface area contributed by atoms with Gasteiger partial charge in [0.2, 0.25) is 0 Å². The molecule has 0 fully saturated rings. The van der Waals surface area contributed by atoms with E-state index in [1.807, 2.05) is 23.1 Å². The molecule has 0 radical (unpaired) electrons. The van der Waals surface area contributed by atoms with E-state index in [1.54, 1.807) is 12.1 Å². The molecule has 0 saturated heterocycles. The van der Waals surface area contributed by atoms with Gasteiger partial charge < -0.3 is 4.90 Å². The third-order valence-corrected chi connectivity index (χ3v) is 4.27. The van der Waals surface area contributed by atoms with Crippen molar-refractivity contribution in [1.29, 1.82) is 0 Å². The van der Waals surface area contributed by atoms with Gasteiger partial charge in [0.25, 0.3) is 5.69 Å². The summed E-state index contributed by atoms with van der Waals surface area (Å²) in [5.41, 5.74) is 3.36. The van der Waals surface area contributed by atoms with Crippen LogP contribution in [0, 0.1) is 10.1 Å². The van der Waals surface area contributed by atoms with E-state index in [0.29, 0.717) is 24.3 Å². The number of benzene rings is 2. The maximum absolute atomic E-state index is 11.5. The first-order valence-electron chi connectivity index (χ1n) is 7.85. The summed E-state index contributed by atoms with van der Waals surface area (Å²) in [4.78, 5) is 24.4. The summed E-state index contributed by atoms with van der Waals surface area (Å²) >= 11 is 0. The van der Waals surface area contributed by atoms with Crippen molar-refractivity contribution in [3.05, 3.63) is 75.8 Å². The lowest BCUT2D eigenvalue weighted by Gasteiger charge is -2.28. The van der Waals surface area contributed by atoms with Crippen LogP contribution in [0.4, 0.5) is 11.4 Å². The first-order valence-corrected chi connectivity index (χ1v) is 7.85. The van der Waals surface area contributed by atoms with Gasteiger partial charge in [0.15, 0.2) is 5.78 Å². The van der Waals surface area contributed by atoms with Crippen molar-refractivity contribution in [3.8, 4) is 0 Å². The van der Waals surface area contributed by atoms with Crippen LogP contribution in [-0.2, 0) is 0 Å². The first kappa shape index (κ1) is 15.9. The Morgan fingerprint density at radius 3 is 2.50 bits per heavy atom. The van der Waals surface area contributed by atoms with Crippen molar-refractivity contribution in [2.24, 2.45) is 0 Å². The fourth-order valence-electron chi connectivity index (χ4n) is 2.96. The lowest BCUT2D eigenvalue weighted by Crippen LogP contribution is -2.28. The Morgan fingerprint density at radius 1 is 1.17 bits per heavy atom. The van der Waals surface area contributed by atoms with E-state index in [9.17, 15) is 14.9 Å². The number of ketones is 1. The smallest absolute Gasteiger partial charge is 0.293 e. The summed E-state index contributed by atoms with van der Waals surface area (Å²) in [5, 5.41) is 11.4. The molecule has 2 aromatic rings. The van der Waals surface area contributed by atoms with E-state index in [0.717, 1.165) is 6.42 Å². The number of rotatable bonds is 4. The molecular weight excluding hydrogens is 304 g/mol. The van der Waals surface area contributed by atoms with Crippen LogP contribution in [0.5, 0.6) is 0 Å². The predicted octanol–water partition coefficient (Wildman–Crippen LogP) is 4.09. The monoisotopic (exact) mass is 322 g/mol. The van der Waals surface area contributed by atoms with Crippen molar-refractivity contribution in [1.82, 2.24) is 0 Å². The zero-order chi connectivity index (χ0) is 17.1. The van der Waals surface area contributed by atoms with Crippen molar-refractivity contribution in [3.63, 3.8) is 0 Å². The molecule has 2 aromatic carbocycles. The number of nitro groups is 1. The van der Waals surface area contributed by atoms with Gasteiger partial charge >= 0.3 is 0 Å². The fraction of sp³-hybridized carbons (Fsp3) is 0.211. The Kier molecular flexibility index (Phi) is 4.42. The lowest BCUT2D eigenvalue weighted by atomic mass is 9.99. The Bertz CT molecular complexity index is 813. The summed E-state index contributed by atoms with van der Waals surface area (Å²) in [5.74, 6) is -0.172. The zero-order valence-corrected chi connectivity index (χ0v) is 13.4. The molecule has 1 aliphatic rings. The average molecular weight is 322 g/mol. The minimum absolute atomic E-state index is 0.0146. The summed E-state index contributed by atoms with van der Waals surface area (Å²) < 4.78 is 0. The van der Waals surface area contributed by atoms with Crippen LogP contribution in [0.2, 0.25) is 0 Å². The minimum atomic E-state index is -0.418. The fourth-order valence-corrected chi connectivity index (χ4v) is 2.96. The van der Waals surface area contributed by atoms with Gasteiger partial charge in [0, 0.05) is 24.7 Å². The van der Waals surface area contributed by atoms with E-state index in [4.69, 9.17) is 0 Å². The predicted molar refractivity (Wildman–Crippen MR) is 94.3 cm³/mol. The molecule has 0 aliphatic carbocycles.